The van der Waals surface area contributed by atoms with Gasteiger partial charge in [-0.25, -0.2) is 9.59 Å². The molecule has 0 fully saturated rings. The number of hydrogen-bond acceptors (Lipinski definition) is 8. The topological polar surface area (TPSA) is 149 Å². The zero-order valence-corrected chi connectivity index (χ0v) is 34.1. The summed E-state index contributed by atoms with van der Waals surface area (Å²) in [6.45, 7) is 29.3. The third-order valence-corrected chi connectivity index (χ3v) is 9.28. The first kappa shape index (κ1) is 44.3. The Balaban J connectivity index is 0.00000123. The van der Waals surface area contributed by atoms with Crippen LogP contribution < -0.4 is 0 Å². The van der Waals surface area contributed by atoms with Crippen LogP contribution in [0.25, 0.3) is 0 Å². The van der Waals surface area contributed by atoms with E-state index in [1.807, 2.05) is 6.07 Å². The van der Waals surface area contributed by atoms with E-state index in [-0.39, 0.29) is 33.6 Å². The van der Waals surface area contributed by atoms with Crippen LogP contribution in [0.2, 0.25) is 0 Å². The molecule has 0 spiro atoms. The number of aryl methyl sites for hydroxylation is 1. The molecule has 4 N–H and O–H groups in total. The fraction of sp³-hybridized carbons (Fsp3) is 0.575. The molecule has 2 aliphatic heterocycles. The van der Waals surface area contributed by atoms with E-state index in [1.54, 1.807) is 12.4 Å². The Hall–Kier alpha value is -3.88. The Morgan fingerprint density at radius 1 is 0.750 bits per heavy atom. The summed E-state index contributed by atoms with van der Waals surface area (Å²) in [4.78, 5) is 32.5. The van der Waals surface area contributed by atoms with Gasteiger partial charge in [0.25, 0.3) is 0 Å². The average molecular weight is 759 g/mol. The third kappa shape index (κ3) is 11.8. The van der Waals surface area contributed by atoms with Gasteiger partial charge >= 0.3 is 17.9 Å². The molecule has 2 aromatic rings. The molecule has 0 bridgehead atoms. The first-order valence-electron chi connectivity index (χ1n) is 18.0. The Labute approximate surface area is 320 Å². The van der Waals surface area contributed by atoms with Gasteiger partial charge < -0.3 is 20.4 Å². The number of rotatable bonds is 10. The number of aliphatic carboxylic acids is 2. The van der Waals surface area contributed by atoms with Crippen molar-refractivity contribution in [1.29, 1.82) is 0 Å². The molecule has 0 aliphatic carbocycles. The molecule has 0 aromatic heterocycles. The first-order valence-corrected chi connectivity index (χ1v) is 18.0. The van der Waals surface area contributed by atoms with Crippen molar-refractivity contribution in [2.24, 2.45) is 9.98 Å². The summed E-state index contributed by atoms with van der Waals surface area (Å²) in [6.07, 6.45) is 5.38. The number of aromatic hydroxyl groups is 2. The van der Waals surface area contributed by atoms with Crippen molar-refractivity contribution in [1.82, 2.24) is 9.80 Å². The summed E-state index contributed by atoms with van der Waals surface area (Å²) in [5, 5.41) is 37.1. The van der Waals surface area contributed by atoms with Gasteiger partial charge in [0, 0.05) is 46.5 Å². The molecule has 0 radical (unpaired) electrons. The summed E-state index contributed by atoms with van der Waals surface area (Å²) in [5.41, 5.74) is 5.55. The minimum atomic E-state index is -1.82. The number of carbonyl (C=O) groups is 2. The SMILES string of the molecule is CCN1CC[N+]2=C1N(CCCc1cc(C(C)(C)C)cc(C=NCCN=Cc3cc(C(C)(C)C)cc(C(C)(C)C)c3O)c1O)CC2.O=C(O)C(=O)O.[Cr]. The van der Waals surface area contributed by atoms with Crippen LogP contribution in [0.4, 0.5) is 0 Å². The molecule has 4 rings (SSSR count). The van der Waals surface area contributed by atoms with Gasteiger partial charge in [-0.2, -0.15) is 0 Å². The van der Waals surface area contributed by atoms with Crippen LogP contribution in [-0.2, 0) is 49.6 Å². The molecule has 0 amide bonds. The van der Waals surface area contributed by atoms with E-state index in [0.717, 1.165) is 74.4 Å². The van der Waals surface area contributed by atoms with Crippen molar-refractivity contribution in [3.8, 4) is 11.5 Å². The summed E-state index contributed by atoms with van der Waals surface area (Å²) in [7, 11) is 0. The number of phenols is 2. The molecule has 0 saturated carbocycles. The summed E-state index contributed by atoms with van der Waals surface area (Å²) in [5.74, 6) is -1.62. The second-order valence-electron chi connectivity index (χ2n) is 16.4. The average Bonchev–Trinajstić information content (AvgIpc) is 3.62. The van der Waals surface area contributed by atoms with Crippen molar-refractivity contribution in [3.63, 3.8) is 0 Å². The zero-order chi connectivity index (χ0) is 38.3. The first-order chi connectivity index (χ1) is 23.6. The van der Waals surface area contributed by atoms with E-state index in [1.165, 1.54) is 17.1 Å². The Bertz CT molecular complexity index is 1650. The maximum atomic E-state index is 11.3. The molecule has 52 heavy (non-hydrogen) atoms. The number of carboxylic acids is 2. The third-order valence-electron chi connectivity index (χ3n) is 9.28. The molecule has 2 heterocycles. The van der Waals surface area contributed by atoms with Gasteiger partial charge in [-0.3, -0.25) is 24.4 Å². The number of phenolic OH excluding ortho intramolecular Hbond substituents is 2. The quantitative estimate of drug-likeness (QED) is 0.105. The molecule has 286 valence electrons. The monoisotopic (exact) mass is 758 g/mol. The molecular formula is C40H60CrN5O6+. The predicted octanol–water partition coefficient (Wildman–Crippen LogP) is 5.63. The number of carboxylic acid groups (broad SMARTS) is 2. The van der Waals surface area contributed by atoms with E-state index in [0.29, 0.717) is 24.6 Å². The van der Waals surface area contributed by atoms with E-state index < -0.39 is 11.9 Å². The zero-order valence-electron chi connectivity index (χ0n) is 32.8. The van der Waals surface area contributed by atoms with Crippen molar-refractivity contribution >= 4 is 30.3 Å². The molecule has 0 saturated heterocycles. The van der Waals surface area contributed by atoms with E-state index in [4.69, 9.17) is 19.8 Å². The number of nitrogens with zero attached hydrogens (tertiary/aromatic N) is 5. The minimum absolute atomic E-state index is 0. The van der Waals surface area contributed by atoms with Crippen LogP contribution >= 0.6 is 0 Å². The van der Waals surface area contributed by atoms with Crippen LogP contribution in [0.1, 0.15) is 109 Å². The van der Waals surface area contributed by atoms with E-state index in [2.05, 4.69) is 112 Å². The van der Waals surface area contributed by atoms with Crippen molar-refractivity contribution in [2.75, 3.05) is 52.4 Å². The standard InChI is InChI=1S/C38H57N5O2.C2H2O4.Cr/c1-11-41-17-18-43-20-19-42(35(41)43)16-12-13-27-21-30(36(2,3)4)22-28(33(27)44)25-39-14-15-40-26-29-23-31(37(5,6)7)24-32(34(29)45)38(8,9)10;3-1(4)2(5)6;/h21-26H,11-20H2,1-10H3,(H-,39,40,44,45);(H,3,4)(H,5,6);/p+1. The molecule has 2 aliphatic rings. The van der Waals surface area contributed by atoms with Crippen LogP contribution in [0.15, 0.2) is 34.3 Å². The Morgan fingerprint density at radius 2 is 1.23 bits per heavy atom. The molecule has 12 heteroatoms. The summed E-state index contributed by atoms with van der Waals surface area (Å²) >= 11 is 0. The van der Waals surface area contributed by atoms with Crippen LogP contribution in [0, 0.1) is 0 Å². The Kier molecular flexibility index (Phi) is 15.5. The largest absolute Gasteiger partial charge is 0.507 e. The number of guanidine groups is 1. The molecular weight excluding hydrogens is 698 g/mol. The van der Waals surface area contributed by atoms with Crippen LogP contribution in [-0.4, -0.2) is 117 Å². The number of likely N-dealkylation sites (N-methyl/N-ethyl adjacent to an activating group) is 1. The van der Waals surface area contributed by atoms with Gasteiger partial charge in [-0.05, 0) is 64.8 Å². The molecule has 2 aromatic carbocycles. The maximum absolute atomic E-state index is 11.3. The summed E-state index contributed by atoms with van der Waals surface area (Å²) in [6, 6.07) is 8.42. The fourth-order valence-electron chi connectivity index (χ4n) is 6.21. The van der Waals surface area contributed by atoms with Crippen LogP contribution in [0.5, 0.6) is 11.5 Å². The van der Waals surface area contributed by atoms with Crippen molar-refractivity contribution in [2.45, 2.75) is 98.3 Å². The minimum Gasteiger partial charge on any atom is -0.507 e. The van der Waals surface area contributed by atoms with Gasteiger partial charge in [0.05, 0.1) is 52.4 Å². The van der Waals surface area contributed by atoms with E-state index in [9.17, 15) is 10.2 Å². The van der Waals surface area contributed by atoms with Gasteiger partial charge in [0.1, 0.15) is 11.5 Å². The maximum Gasteiger partial charge on any atom is 0.414 e. The number of benzene rings is 2. The molecule has 0 unspecified atom stereocenters. The number of hydrogen-bond donors (Lipinski definition) is 4. The second kappa shape index (κ2) is 18.2. The fourth-order valence-corrected chi connectivity index (χ4v) is 6.21. The van der Waals surface area contributed by atoms with Gasteiger partial charge in [-0.1, -0.05) is 74.4 Å². The number of aliphatic imine (C=N–C) groups is 2. The summed E-state index contributed by atoms with van der Waals surface area (Å²) < 4.78 is 2.51. The Morgan fingerprint density at radius 3 is 1.69 bits per heavy atom. The predicted molar refractivity (Wildman–Crippen MR) is 205 cm³/mol. The molecule has 11 nitrogen and oxygen atoms in total. The smallest absolute Gasteiger partial charge is 0.414 e. The van der Waals surface area contributed by atoms with Gasteiger partial charge in [0.2, 0.25) is 0 Å². The van der Waals surface area contributed by atoms with Crippen LogP contribution in [0.3, 0.4) is 0 Å². The second-order valence-corrected chi connectivity index (χ2v) is 16.4. The normalized spacial score (nSPS) is 14.9. The van der Waals surface area contributed by atoms with Crippen molar-refractivity contribution < 1.29 is 52.0 Å². The van der Waals surface area contributed by atoms with Crippen molar-refractivity contribution in [3.05, 3.63) is 57.6 Å². The van der Waals surface area contributed by atoms with E-state index >= 15 is 0 Å². The van der Waals surface area contributed by atoms with Gasteiger partial charge in [-0.15, -0.1) is 0 Å². The van der Waals surface area contributed by atoms with Gasteiger partial charge in [0.15, 0.2) is 0 Å². The molecule has 0 atom stereocenters.